The summed E-state index contributed by atoms with van der Waals surface area (Å²) in [6, 6.07) is 11.3. The largest absolute Gasteiger partial charge is 0.490 e. The van der Waals surface area contributed by atoms with Crippen LogP contribution in [0, 0.1) is 23.0 Å². The Morgan fingerprint density at radius 2 is 1.62 bits per heavy atom. The van der Waals surface area contributed by atoms with Crippen molar-refractivity contribution in [1.82, 2.24) is 25.1 Å². The van der Waals surface area contributed by atoms with Gasteiger partial charge in [-0.25, -0.2) is 18.6 Å². The number of carbonyl (C=O) groups is 4. The first-order chi connectivity index (χ1) is 24.2. The molecule has 0 aliphatic rings. The second-order valence-electron chi connectivity index (χ2n) is 13.2. The molecule has 3 aromatic rings. The van der Waals surface area contributed by atoms with E-state index in [1.807, 2.05) is 69.5 Å². The Hall–Kier alpha value is -4.90. The number of alkyl halides is 3. The third kappa shape index (κ3) is 13.0. The van der Waals surface area contributed by atoms with Crippen LogP contribution in [0.3, 0.4) is 0 Å². The van der Waals surface area contributed by atoms with Crippen LogP contribution >= 0.6 is 0 Å². The first kappa shape index (κ1) is 43.3. The summed E-state index contributed by atoms with van der Waals surface area (Å²) in [5.41, 5.74) is 6.31. The average Bonchev–Trinajstić information content (AvgIpc) is 3.47. The highest BCUT2D eigenvalue weighted by atomic mass is 19.4. The van der Waals surface area contributed by atoms with E-state index in [1.165, 1.54) is 4.90 Å². The average molecular weight is 741 g/mol. The molecular weight excluding hydrogens is 695 g/mol. The molecule has 17 heteroatoms. The summed E-state index contributed by atoms with van der Waals surface area (Å²) in [7, 11) is 0. The minimum Gasteiger partial charge on any atom is -0.475 e. The molecule has 3 amide bonds. The summed E-state index contributed by atoms with van der Waals surface area (Å²) in [6.45, 7) is 9.07. The van der Waals surface area contributed by atoms with E-state index in [4.69, 9.17) is 20.6 Å². The number of amides is 3. The van der Waals surface area contributed by atoms with Crippen molar-refractivity contribution in [3.8, 4) is 11.3 Å². The predicted molar refractivity (Wildman–Crippen MR) is 181 cm³/mol. The quantitative estimate of drug-likeness (QED) is 0.121. The van der Waals surface area contributed by atoms with E-state index in [2.05, 4.69) is 10.6 Å². The fourth-order valence-electron chi connectivity index (χ4n) is 4.99. The fraction of sp³-hybridized carbons (Fsp3) is 0.457. The van der Waals surface area contributed by atoms with Crippen LogP contribution in [-0.4, -0.2) is 86.8 Å². The van der Waals surface area contributed by atoms with Gasteiger partial charge in [-0.3, -0.25) is 14.4 Å². The third-order valence-corrected chi connectivity index (χ3v) is 7.62. The summed E-state index contributed by atoms with van der Waals surface area (Å²) in [5, 5.41) is 22.3. The van der Waals surface area contributed by atoms with Crippen molar-refractivity contribution < 1.29 is 51.3 Å². The Kier molecular flexibility index (Phi) is 15.9. The predicted octanol–water partition coefficient (Wildman–Crippen LogP) is 4.02. The number of imidazole rings is 1. The number of benzene rings is 2. The number of carboxylic acids is 1. The number of nitrogens with one attached hydrogen (secondary N) is 2. The number of hydrogen-bond acceptors (Lipinski definition) is 7. The fourth-order valence-corrected chi connectivity index (χ4v) is 4.99. The second kappa shape index (κ2) is 19.1. The lowest BCUT2D eigenvalue weighted by molar-refractivity contribution is -0.192. The van der Waals surface area contributed by atoms with E-state index in [9.17, 15) is 41.4 Å². The molecule has 2 atom stereocenters. The van der Waals surface area contributed by atoms with Crippen molar-refractivity contribution in [2.75, 3.05) is 26.2 Å². The van der Waals surface area contributed by atoms with E-state index in [1.54, 1.807) is 6.20 Å². The van der Waals surface area contributed by atoms with E-state index < -0.39 is 65.6 Å². The van der Waals surface area contributed by atoms with Gasteiger partial charge in [0.05, 0.1) is 24.3 Å². The van der Waals surface area contributed by atoms with Gasteiger partial charge in [-0.1, -0.05) is 65.0 Å². The van der Waals surface area contributed by atoms with Crippen LogP contribution in [0.4, 0.5) is 22.0 Å². The van der Waals surface area contributed by atoms with Gasteiger partial charge in [0, 0.05) is 31.4 Å². The number of halogens is 5. The molecule has 2 aromatic carbocycles. The second-order valence-corrected chi connectivity index (χ2v) is 13.2. The number of nitrogens with two attached hydrogens (primary N) is 1. The SMILES string of the molecule is CC(C)C(N)C(=O)NCC(=O)NCCCN(C(=O)CO)C(c1nc(-c2cc(F)ccc2F)cn1Cc1ccccc1)C(C)(C)C.O=C(O)C(F)(F)F. The van der Waals surface area contributed by atoms with Crippen LogP contribution in [0.1, 0.15) is 58.5 Å². The molecule has 3 rings (SSSR count). The number of nitrogens with zero attached hydrogens (tertiary/aromatic N) is 3. The van der Waals surface area contributed by atoms with Gasteiger partial charge in [0.15, 0.2) is 0 Å². The maximum absolute atomic E-state index is 14.9. The van der Waals surface area contributed by atoms with Gasteiger partial charge in [-0.15, -0.1) is 0 Å². The van der Waals surface area contributed by atoms with Crippen molar-refractivity contribution in [2.45, 2.75) is 65.8 Å². The summed E-state index contributed by atoms with van der Waals surface area (Å²) >= 11 is 0. The summed E-state index contributed by atoms with van der Waals surface area (Å²) in [6.07, 6.45) is -3.12. The maximum atomic E-state index is 14.9. The van der Waals surface area contributed by atoms with Gasteiger partial charge in [0.1, 0.15) is 24.1 Å². The monoisotopic (exact) mass is 740 g/mol. The van der Waals surface area contributed by atoms with Gasteiger partial charge >= 0.3 is 12.1 Å². The lowest BCUT2D eigenvalue weighted by Crippen LogP contribution is -2.47. The van der Waals surface area contributed by atoms with Crippen molar-refractivity contribution in [3.63, 3.8) is 0 Å². The lowest BCUT2D eigenvalue weighted by Gasteiger charge is -2.40. The molecular formula is C35H45F5N6O6. The van der Waals surface area contributed by atoms with Crippen LogP contribution in [0.2, 0.25) is 0 Å². The minimum absolute atomic E-state index is 0.0140. The van der Waals surface area contributed by atoms with Crippen LogP contribution < -0.4 is 16.4 Å². The molecule has 0 bridgehead atoms. The summed E-state index contributed by atoms with van der Waals surface area (Å²) < 4.78 is 62.6. The van der Waals surface area contributed by atoms with Crippen LogP contribution in [0.25, 0.3) is 11.3 Å². The first-order valence-corrected chi connectivity index (χ1v) is 16.2. The van der Waals surface area contributed by atoms with E-state index in [0.717, 1.165) is 23.8 Å². The topological polar surface area (TPSA) is 180 Å². The highest BCUT2D eigenvalue weighted by Crippen LogP contribution is 2.39. The van der Waals surface area contributed by atoms with E-state index in [0.29, 0.717) is 18.8 Å². The molecule has 286 valence electrons. The van der Waals surface area contributed by atoms with E-state index in [-0.39, 0.29) is 36.8 Å². The standard InChI is InChI=1S/C33H44F2N6O4.C2HF3O2/c1-21(2)29(36)32(45)38-17-27(43)37-14-9-15-41(28(44)20-42)30(33(3,4)5)31-39-26(24-16-23(34)12-13-25(24)35)19-40(31)18-22-10-7-6-8-11-22;3-2(4,5)1(6)7/h6-8,10-13,16,19,21,29-30,42H,9,14-15,17-18,20,36H2,1-5H3,(H,37,43)(H,38,45);(H,6,7). The smallest absolute Gasteiger partial charge is 0.475 e. The molecule has 6 N–H and O–H groups in total. The Morgan fingerprint density at radius 1 is 1.00 bits per heavy atom. The Labute approximate surface area is 298 Å². The molecule has 1 aromatic heterocycles. The zero-order valence-corrected chi connectivity index (χ0v) is 29.5. The van der Waals surface area contributed by atoms with Crippen molar-refractivity contribution in [1.29, 1.82) is 0 Å². The number of hydrogen-bond donors (Lipinski definition) is 5. The molecule has 52 heavy (non-hydrogen) atoms. The Balaban J connectivity index is 0.00000121. The molecule has 0 fully saturated rings. The molecule has 0 saturated carbocycles. The number of aliphatic hydroxyl groups excluding tert-OH is 1. The van der Waals surface area contributed by atoms with Crippen molar-refractivity contribution in [2.24, 2.45) is 17.1 Å². The third-order valence-electron chi connectivity index (χ3n) is 7.62. The highest BCUT2D eigenvalue weighted by molar-refractivity contribution is 5.87. The molecule has 0 aliphatic carbocycles. The number of carbonyl (C=O) groups excluding carboxylic acids is 3. The lowest BCUT2D eigenvalue weighted by atomic mass is 9.84. The van der Waals surface area contributed by atoms with Gasteiger partial charge in [0.2, 0.25) is 17.7 Å². The highest BCUT2D eigenvalue weighted by Gasteiger charge is 2.39. The normalized spacial score (nSPS) is 12.7. The van der Waals surface area contributed by atoms with Crippen LogP contribution in [-0.2, 0) is 25.7 Å². The van der Waals surface area contributed by atoms with Crippen molar-refractivity contribution >= 4 is 23.7 Å². The van der Waals surface area contributed by atoms with Crippen molar-refractivity contribution in [3.05, 3.63) is 77.8 Å². The minimum atomic E-state index is -5.08. The molecule has 0 saturated heterocycles. The Morgan fingerprint density at radius 3 is 2.15 bits per heavy atom. The molecule has 2 unspecified atom stereocenters. The maximum Gasteiger partial charge on any atom is 0.490 e. The number of carboxylic acid groups (broad SMARTS) is 1. The van der Waals surface area contributed by atoms with Crippen LogP contribution in [0.15, 0.2) is 54.7 Å². The van der Waals surface area contributed by atoms with Gasteiger partial charge < -0.3 is 36.0 Å². The number of rotatable bonds is 14. The van der Waals surface area contributed by atoms with E-state index >= 15 is 0 Å². The number of aliphatic hydroxyl groups is 1. The zero-order chi connectivity index (χ0) is 39.4. The number of aromatic nitrogens is 2. The van der Waals surface area contributed by atoms with Crippen LogP contribution in [0.5, 0.6) is 0 Å². The molecule has 12 nitrogen and oxygen atoms in total. The molecule has 1 heterocycles. The van der Waals surface area contributed by atoms with Gasteiger partial charge in [-0.05, 0) is 41.5 Å². The summed E-state index contributed by atoms with van der Waals surface area (Å²) in [5.74, 6) is -5.04. The van der Waals surface area contributed by atoms with Gasteiger partial charge in [0.25, 0.3) is 0 Å². The molecule has 0 aliphatic heterocycles. The first-order valence-electron chi connectivity index (χ1n) is 16.2. The van der Waals surface area contributed by atoms with Gasteiger partial charge in [-0.2, -0.15) is 13.2 Å². The Bertz CT molecular complexity index is 1660. The molecule has 0 radical (unpaired) electrons. The number of aliphatic carboxylic acids is 1. The molecule has 0 spiro atoms. The zero-order valence-electron chi connectivity index (χ0n) is 29.5. The summed E-state index contributed by atoms with van der Waals surface area (Å²) in [4.78, 5) is 52.8.